The Morgan fingerprint density at radius 2 is 2.06 bits per heavy atom. The van der Waals surface area contributed by atoms with Crippen LogP contribution in [0, 0.1) is 0 Å². The second kappa shape index (κ2) is 4.57. The number of aromatic nitrogens is 3. The first-order valence-corrected chi connectivity index (χ1v) is 5.04. The Hall–Kier alpha value is -2.17. The van der Waals surface area contributed by atoms with Crippen molar-refractivity contribution in [3.8, 4) is 0 Å². The number of hydrogen-bond donors (Lipinski definition) is 1. The number of nitrogens with one attached hydrogen (secondary N) is 1. The van der Waals surface area contributed by atoms with Gasteiger partial charge >= 0.3 is 0 Å². The van der Waals surface area contributed by atoms with Crippen molar-refractivity contribution in [2.24, 2.45) is 0 Å². The smallest absolute Gasteiger partial charge is 0.273 e. The van der Waals surface area contributed by atoms with E-state index in [1.54, 1.807) is 41.5 Å². The maximum atomic E-state index is 11.9. The van der Waals surface area contributed by atoms with Crippen molar-refractivity contribution in [1.82, 2.24) is 14.8 Å². The van der Waals surface area contributed by atoms with Crippen LogP contribution in [0.3, 0.4) is 0 Å². The first-order valence-electron chi connectivity index (χ1n) is 5.04. The van der Waals surface area contributed by atoms with Crippen molar-refractivity contribution in [3.63, 3.8) is 0 Å². The minimum Gasteiger partial charge on any atom is -0.321 e. The third-order valence-electron chi connectivity index (χ3n) is 2.19. The molecule has 82 valence electrons. The van der Waals surface area contributed by atoms with Crippen LogP contribution in [0.2, 0.25) is 0 Å². The Balaban J connectivity index is 2.15. The third kappa shape index (κ3) is 2.08. The maximum Gasteiger partial charge on any atom is 0.273 e. The number of nitrogens with zero attached hydrogens (tertiary/aromatic N) is 3. The summed E-state index contributed by atoms with van der Waals surface area (Å²) in [5.74, 6) is -0.162. The number of pyridine rings is 1. The summed E-state index contributed by atoms with van der Waals surface area (Å²) in [5, 5.41) is 6.82. The highest BCUT2D eigenvalue weighted by atomic mass is 16.2. The first kappa shape index (κ1) is 10.4. The van der Waals surface area contributed by atoms with Crippen LogP contribution in [0.4, 0.5) is 5.69 Å². The van der Waals surface area contributed by atoms with Crippen LogP contribution in [-0.4, -0.2) is 20.7 Å². The number of hydrogen-bond acceptors (Lipinski definition) is 3. The topological polar surface area (TPSA) is 59.8 Å². The molecule has 0 aliphatic rings. The van der Waals surface area contributed by atoms with E-state index in [1.165, 1.54) is 0 Å². The van der Waals surface area contributed by atoms with E-state index in [0.29, 0.717) is 12.2 Å². The molecular formula is C11H12N4O. The molecule has 0 atom stereocenters. The average molecular weight is 216 g/mol. The van der Waals surface area contributed by atoms with Gasteiger partial charge in [-0.3, -0.25) is 14.5 Å². The van der Waals surface area contributed by atoms with Gasteiger partial charge in [0, 0.05) is 30.8 Å². The van der Waals surface area contributed by atoms with E-state index in [1.807, 2.05) is 6.92 Å². The Bertz CT molecular complexity index is 478. The summed E-state index contributed by atoms with van der Waals surface area (Å²) in [5.41, 5.74) is 1.28. The fraction of sp³-hybridized carbons (Fsp3) is 0.182. The molecule has 0 unspecified atom stereocenters. The first-order chi connectivity index (χ1) is 7.81. The van der Waals surface area contributed by atoms with Crippen molar-refractivity contribution < 1.29 is 4.79 Å². The summed E-state index contributed by atoms with van der Waals surface area (Å²) in [6, 6.07) is 5.18. The van der Waals surface area contributed by atoms with Crippen molar-refractivity contribution in [2.45, 2.75) is 13.5 Å². The number of anilines is 1. The van der Waals surface area contributed by atoms with Crippen LogP contribution in [-0.2, 0) is 6.54 Å². The number of amides is 1. The SMILES string of the molecule is CCn1nccc1C(=O)Nc1ccncc1. The molecule has 0 aromatic carbocycles. The molecule has 1 amide bonds. The van der Waals surface area contributed by atoms with Crippen LogP contribution in [0.25, 0.3) is 0 Å². The second-order valence-electron chi connectivity index (χ2n) is 3.22. The quantitative estimate of drug-likeness (QED) is 0.846. The van der Waals surface area contributed by atoms with Gasteiger partial charge in [-0.05, 0) is 25.1 Å². The summed E-state index contributed by atoms with van der Waals surface area (Å²) in [4.78, 5) is 15.7. The van der Waals surface area contributed by atoms with Crippen LogP contribution in [0.5, 0.6) is 0 Å². The predicted molar refractivity (Wildman–Crippen MR) is 60.1 cm³/mol. The van der Waals surface area contributed by atoms with Gasteiger partial charge in [0.25, 0.3) is 5.91 Å². The minimum atomic E-state index is -0.162. The molecule has 0 radical (unpaired) electrons. The molecule has 2 aromatic heterocycles. The maximum absolute atomic E-state index is 11.9. The van der Waals surface area contributed by atoms with E-state index >= 15 is 0 Å². The molecule has 2 aromatic rings. The van der Waals surface area contributed by atoms with Crippen LogP contribution in [0.1, 0.15) is 17.4 Å². The zero-order valence-electron chi connectivity index (χ0n) is 8.92. The highest BCUT2D eigenvalue weighted by Crippen LogP contribution is 2.07. The lowest BCUT2D eigenvalue weighted by Crippen LogP contribution is -2.17. The average Bonchev–Trinajstić information content (AvgIpc) is 2.78. The van der Waals surface area contributed by atoms with Gasteiger partial charge < -0.3 is 5.32 Å². The molecule has 5 nitrogen and oxygen atoms in total. The second-order valence-corrected chi connectivity index (χ2v) is 3.22. The highest BCUT2D eigenvalue weighted by molar-refractivity contribution is 6.02. The van der Waals surface area contributed by atoms with Crippen molar-refractivity contribution >= 4 is 11.6 Å². The predicted octanol–water partition coefficient (Wildman–Crippen LogP) is 1.55. The largest absolute Gasteiger partial charge is 0.321 e. The summed E-state index contributed by atoms with van der Waals surface area (Å²) in [6.45, 7) is 2.61. The van der Waals surface area contributed by atoms with Gasteiger partial charge in [0.1, 0.15) is 5.69 Å². The molecule has 16 heavy (non-hydrogen) atoms. The number of aryl methyl sites for hydroxylation is 1. The van der Waals surface area contributed by atoms with E-state index in [0.717, 1.165) is 5.69 Å². The van der Waals surface area contributed by atoms with E-state index in [9.17, 15) is 4.79 Å². The lowest BCUT2D eigenvalue weighted by Gasteiger charge is -2.05. The molecule has 0 fully saturated rings. The highest BCUT2D eigenvalue weighted by Gasteiger charge is 2.10. The molecule has 0 saturated carbocycles. The summed E-state index contributed by atoms with van der Waals surface area (Å²) in [6.07, 6.45) is 4.88. The van der Waals surface area contributed by atoms with Gasteiger partial charge in [0.15, 0.2) is 0 Å². The number of carbonyl (C=O) groups excluding carboxylic acids is 1. The Morgan fingerprint density at radius 3 is 2.75 bits per heavy atom. The summed E-state index contributed by atoms with van der Waals surface area (Å²) < 4.78 is 1.65. The van der Waals surface area contributed by atoms with Crippen LogP contribution in [0.15, 0.2) is 36.8 Å². The lowest BCUT2D eigenvalue weighted by atomic mass is 10.3. The molecule has 0 aliphatic carbocycles. The van der Waals surface area contributed by atoms with Gasteiger partial charge in [0.05, 0.1) is 0 Å². The minimum absolute atomic E-state index is 0.162. The standard InChI is InChI=1S/C11H12N4O/c1-2-15-10(5-8-13-15)11(16)14-9-3-6-12-7-4-9/h3-8H,2H2,1H3,(H,12,14,16). The zero-order chi connectivity index (χ0) is 11.4. The Labute approximate surface area is 93.1 Å². The number of rotatable bonds is 3. The molecule has 0 saturated heterocycles. The van der Waals surface area contributed by atoms with Crippen LogP contribution >= 0.6 is 0 Å². The normalized spacial score (nSPS) is 10.1. The molecule has 0 spiro atoms. The van der Waals surface area contributed by atoms with Crippen molar-refractivity contribution in [2.75, 3.05) is 5.32 Å². The Kier molecular flexibility index (Phi) is 2.95. The van der Waals surface area contributed by atoms with E-state index in [2.05, 4.69) is 15.4 Å². The lowest BCUT2D eigenvalue weighted by molar-refractivity contribution is 0.101. The molecule has 2 rings (SSSR count). The van der Waals surface area contributed by atoms with Gasteiger partial charge in [-0.2, -0.15) is 5.10 Å². The Morgan fingerprint density at radius 1 is 1.31 bits per heavy atom. The van der Waals surface area contributed by atoms with Crippen molar-refractivity contribution in [1.29, 1.82) is 0 Å². The molecule has 0 aliphatic heterocycles. The molecular weight excluding hydrogens is 204 g/mol. The molecule has 2 heterocycles. The summed E-state index contributed by atoms with van der Waals surface area (Å²) in [7, 11) is 0. The monoisotopic (exact) mass is 216 g/mol. The number of carbonyl (C=O) groups is 1. The molecule has 0 bridgehead atoms. The third-order valence-corrected chi connectivity index (χ3v) is 2.19. The summed E-state index contributed by atoms with van der Waals surface area (Å²) >= 11 is 0. The van der Waals surface area contributed by atoms with Gasteiger partial charge in [-0.1, -0.05) is 0 Å². The van der Waals surface area contributed by atoms with E-state index in [4.69, 9.17) is 0 Å². The van der Waals surface area contributed by atoms with Crippen molar-refractivity contribution in [3.05, 3.63) is 42.5 Å². The van der Waals surface area contributed by atoms with E-state index < -0.39 is 0 Å². The van der Waals surface area contributed by atoms with Crippen LogP contribution < -0.4 is 5.32 Å². The van der Waals surface area contributed by atoms with Gasteiger partial charge in [-0.25, -0.2) is 0 Å². The fourth-order valence-electron chi connectivity index (χ4n) is 1.41. The van der Waals surface area contributed by atoms with Gasteiger partial charge in [-0.15, -0.1) is 0 Å². The zero-order valence-corrected chi connectivity index (χ0v) is 8.92. The fourth-order valence-corrected chi connectivity index (χ4v) is 1.41. The molecule has 5 heteroatoms. The van der Waals surface area contributed by atoms with Gasteiger partial charge in [0.2, 0.25) is 0 Å². The molecule has 1 N–H and O–H groups in total. The van der Waals surface area contributed by atoms with E-state index in [-0.39, 0.29) is 5.91 Å².